The second-order valence-corrected chi connectivity index (χ2v) is 5.88. The molecule has 1 fully saturated rings. The highest BCUT2D eigenvalue weighted by molar-refractivity contribution is 5.75. The topological polar surface area (TPSA) is 69.6 Å². The lowest BCUT2D eigenvalue weighted by Crippen LogP contribution is -2.46. The first-order chi connectivity index (χ1) is 11.1. The standard InChI is InChI=1S/C17H23FN2O3/c18-14-7-5-13(6-8-14)10-12-20(15-3-1-2-4-15)17(23)19-11-9-16(21)22/h5-8,15H,1-4,9-12H2,(H,19,23)(H,21,22). The van der Waals surface area contributed by atoms with Gasteiger partial charge in [-0.15, -0.1) is 0 Å². The van der Waals surface area contributed by atoms with Crippen LogP contribution in [0.1, 0.15) is 37.7 Å². The number of carbonyl (C=O) groups excluding carboxylic acids is 1. The zero-order valence-corrected chi connectivity index (χ0v) is 13.1. The maximum atomic E-state index is 12.9. The van der Waals surface area contributed by atoms with Crippen LogP contribution in [0, 0.1) is 5.82 Å². The van der Waals surface area contributed by atoms with Gasteiger partial charge in [-0.25, -0.2) is 9.18 Å². The van der Waals surface area contributed by atoms with Crippen molar-refractivity contribution in [2.45, 2.75) is 44.6 Å². The van der Waals surface area contributed by atoms with E-state index in [2.05, 4.69) is 5.32 Å². The summed E-state index contributed by atoms with van der Waals surface area (Å²) in [6.45, 7) is 0.684. The van der Waals surface area contributed by atoms with Crippen molar-refractivity contribution < 1.29 is 19.1 Å². The first-order valence-corrected chi connectivity index (χ1v) is 8.07. The van der Waals surface area contributed by atoms with E-state index in [1.807, 2.05) is 0 Å². The predicted molar refractivity (Wildman–Crippen MR) is 84.7 cm³/mol. The van der Waals surface area contributed by atoms with Crippen molar-refractivity contribution in [1.82, 2.24) is 10.2 Å². The van der Waals surface area contributed by atoms with Crippen LogP contribution in [0.3, 0.4) is 0 Å². The number of nitrogens with one attached hydrogen (secondary N) is 1. The van der Waals surface area contributed by atoms with Crippen LogP contribution >= 0.6 is 0 Å². The van der Waals surface area contributed by atoms with Crippen molar-refractivity contribution in [3.8, 4) is 0 Å². The minimum absolute atomic E-state index is 0.0811. The van der Waals surface area contributed by atoms with Crippen molar-refractivity contribution >= 4 is 12.0 Å². The van der Waals surface area contributed by atoms with Crippen LogP contribution in [-0.4, -0.2) is 41.1 Å². The lowest BCUT2D eigenvalue weighted by molar-refractivity contribution is -0.136. The number of hydrogen-bond acceptors (Lipinski definition) is 2. The quantitative estimate of drug-likeness (QED) is 0.811. The average molecular weight is 322 g/mol. The number of carbonyl (C=O) groups is 2. The molecule has 0 saturated heterocycles. The van der Waals surface area contributed by atoms with Gasteiger partial charge in [-0.2, -0.15) is 0 Å². The van der Waals surface area contributed by atoms with E-state index >= 15 is 0 Å². The molecule has 126 valence electrons. The van der Waals surface area contributed by atoms with Crippen molar-refractivity contribution in [2.75, 3.05) is 13.1 Å². The Morgan fingerprint density at radius 2 is 1.87 bits per heavy atom. The van der Waals surface area contributed by atoms with Crippen molar-refractivity contribution in [2.24, 2.45) is 0 Å². The van der Waals surface area contributed by atoms with Gasteiger partial charge >= 0.3 is 12.0 Å². The maximum Gasteiger partial charge on any atom is 0.317 e. The van der Waals surface area contributed by atoms with Gasteiger partial charge in [0.05, 0.1) is 6.42 Å². The Labute approximate surface area is 135 Å². The minimum Gasteiger partial charge on any atom is -0.481 e. The van der Waals surface area contributed by atoms with Crippen LogP contribution in [0.2, 0.25) is 0 Å². The molecular weight excluding hydrogens is 299 g/mol. The smallest absolute Gasteiger partial charge is 0.317 e. The number of aliphatic carboxylic acids is 1. The van der Waals surface area contributed by atoms with Gasteiger partial charge in [0.15, 0.2) is 0 Å². The molecule has 6 heteroatoms. The molecule has 0 aromatic heterocycles. The first-order valence-electron chi connectivity index (χ1n) is 8.07. The van der Waals surface area contributed by atoms with E-state index in [4.69, 9.17) is 5.11 Å². The van der Waals surface area contributed by atoms with Gasteiger partial charge in [-0.05, 0) is 37.0 Å². The molecular formula is C17H23FN2O3. The van der Waals surface area contributed by atoms with Crippen LogP contribution < -0.4 is 5.32 Å². The largest absolute Gasteiger partial charge is 0.481 e. The second kappa shape index (κ2) is 8.50. The second-order valence-electron chi connectivity index (χ2n) is 5.88. The lowest BCUT2D eigenvalue weighted by atomic mass is 10.1. The average Bonchev–Trinajstić information content (AvgIpc) is 3.03. The molecule has 1 saturated carbocycles. The van der Waals surface area contributed by atoms with E-state index < -0.39 is 5.97 Å². The third kappa shape index (κ3) is 5.54. The Kier molecular flexibility index (Phi) is 6.38. The van der Waals surface area contributed by atoms with E-state index in [1.165, 1.54) is 12.1 Å². The highest BCUT2D eigenvalue weighted by Gasteiger charge is 2.26. The monoisotopic (exact) mass is 322 g/mol. The number of carboxylic acids is 1. The summed E-state index contributed by atoms with van der Waals surface area (Å²) in [6, 6.07) is 6.29. The normalized spacial score (nSPS) is 14.7. The molecule has 5 nitrogen and oxygen atoms in total. The summed E-state index contributed by atoms with van der Waals surface area (Å²) in [7, 11) is 0. The molecule has 23 heavy (non-hydrogen) atoms. The maximum absolute atomic E-state index is 12.9. The molecule has 0 radical (unpaired) electrons. The number of halogens is 1. The molecule has 0 spiro atoms. The third-order valence-electron chi connectivity index (χ3n) is 4.20. The fourth-order valence-corrected chi connectivity index (χ4v) is 2.94. The van der Waals surface area contributed by atoms with Crippen molar-refractivity contribution in [3.05, 3.63) is 35.6 Å². The molecule has 1 aliphatic carbocycles. The molecule has 0 unspecified atom stereocenters. The van der Waals surface area contributed by atoms with Crippen LogP contribution in [0.25, 0.3) is 0 Å². The van der Waals surface area contributed by atoms with E-state index in [0.717, 1.165) is 31.2 Å². The van der Waals surface area contributed by atoms with Gasteiger partial charge < -0.3 is 15.3 Å². The highest BCUT2D eigenvalue weighted by Crippen LogP contribution is 2.24. The van der Waals surface area contributed by atoms with Crippen LogP contribution in [0.15, 0.2) is 24.3 Å². The Morgan fingerprint density at radius 3 is 2.48 bits per heavy atom. The highest BCUT2D eigenvalue weighted by atomic mass is 19.1. The zero-order chi connectivity index (χ0) is 16.7. The molecule has 2 rings (SSSR count). The zero-order valence-electron chi connectivity index (χ0n) is 13.1. The molecule has 0 atom stereocenters. The predicted octanol–water partition coefficient (Wildman–Crippen LogP) is 2.80. The van der Waals surface area contributed by atoms with Crippen LogP contribution in [0.5, 0.6) is 0 Å². The molecule has 1 aromatic rings. The van der Waals surface area contributed by atoms with Gasteiger partial charge in [-0.3, -0.25) is 4.79 Å². The SMILES string of the molecule is O=C(O)CCNC(=O)N(CCc1ccc(F)cc1)C1CCCC1. The summed E-state index contributed by atoms with van der Waals surface area (Å²) in [5.41, 5.74) is 0.979. The summed E-state index contributed by atoms with van der Waals surface area (Å²) >= 11 is 0. The molecule has 0 heterocycles. The minimum atomic E-state index is -0.927. The molecule has 1 aromatic carbocycles. The van der Waals surface area contributed by atoms with Gasteiger partial charge in [-0.1, -0.05) is 25.0 Å². The van der Waals surface area contributed by atoms with Gasteiger partial charge in [0, 0.05) is 19.1 Å². The fourth-order valence-electron chi connectivity index (χ4n) is 2.94. The van der Waals surface area contributed by atoms with Gasteiger partial charge in [0.1, 0.15) is 5.82 Å². The Balaban J connectivity index is 1.92. The number of amides is 2. The van der Waals surface area contributed by atoms with Crippen molar-refractivity contribution in [3.63, 3.8) is 0 Å². The molecule has 0 aliphatic heterocycles. The number of hydrogen-bond donors (Lipinski definition) is 2. The summed E-state index contributed by atoms with van der Waals surface area (Å²) in [5.74, 6) is -1.20. The molecule has 2 N–H and O–H groups in total. The Bertz CT molecular complexity index is 527. The molecule has 1 aliphatic rings. The summed E-state index contributed by atoms with van der Waals surface area (Å²) in [6.07, 6.45) is 4.76. The molecule has 0 bridgehead atoms. The number of rotatable bonds is 7. The Hall–Kier alpha value is -2.11. The van der Waals surface area contributed by atoms with Gasteiger partial charge in [0.2, 0.25) is 0 Å². The van der Waals surface area contributed by atoms with Crippen molar-refractivity contribution in [1.29, 1.82) is 0 Å². The van der Waals surface area contributed by atoms with E-state index in [1.54, 1.807) is 17.0 Å². The molecule has 2 amide bonds. The number of carboxylic acid groups (broad SMARTS) is 1. The third-order valence-corrected chi connectivity index (χ3v) is 4.20. The Morgan fingerprint density at radius 1 is 1.22 bits per heavy atom. The lowest BCUT2D eigenvalue weighted by Gasteiger charge is -2.29. The first kappa shape index (κ1) is 17.2. The van der Waals surface area contributed by atoms with Crippen LogP contribution in [-0.2, 0) is 11.2 Å². The van der Waals surface area contributed by atoms with Gasteiger partial charge in [0.25, 0.3) is 0 Å². The number of benzene rings is 1. The van der Waals surface area contributed by atoms with E-state index in [-0.39, 0.29) is 30.9 Å². The van der Waals surface area contributed by atoms with Crippen LogP contribution in [0.4, 0.5) is 9.18 Å². The number of nitrogens with zero attached hydrogens (tertiary/aromatic N) is 1. The summed E-state index contributed by atoms with van der Waals surface area (Å²) < 4.78 is 12.9. The summed E-state index contributed by atoms with van der Waals surface area (Å²) in [4.78, 5) is 24.7. The summed E-state index contributed by atoms with van der Waals surface area (Å²) in [5, 5.41) is 11.3. The number of urea groups is 1. The van der Waals surface area contributed by atoms with E-state index in [0.29, 0.717) is 13.0 Å². The van der Waals surface area contributed by atoms with E-state index in [9.17, 15) is 14.0 Å². The fraction of sp³-hybridized carbons (Fsp3) is 0.529.